The Morgan fingerprint density at radius 2 is 1.85 bits per heavy atom. The van der Waals surface area contributed by atoms with Crippen molar-refractivity contribution < 1.29 is 24.9 Å². The monoisotopic (exact) mass is 386 g/mol. The highest BCUT2D eigenvalue weighted by Crippen LogP contribution is 2.32. The van der Waals surface area contributed by atoms with Crippen LogP contribution >= 0.6 is 11.8 Å². The number of hydrogen-bond acceptors (Lipinski definition) is 6. The third-order valence-electron chi connectivity index (χ3n) is 4.16. The summed E-state index contributed by atoms with van der Waals surface area (Å²) in [7, 11) is 0. The van der Waals surface area contributed by atoms with Crippen molar-refractivity contribution in [3.8, 4) is 11.5 Å². The summed E-state index contributed by atoms with van der Waals surface area (Å²) in [6.45, 7) is 2.15. The highest BCUT2D eigenvalue weighted by molar-refractivity contribution is 8.14. The predicted octanol–water partition coefficient (Wildman–Crippen LogP) is 3.65. The second kappa shape index (κ2) is 7.71. The molecule has 1 aliphatic heterocycles. The summed E-state index contributed by atoms with van der Waals surface area (Å²) in [5.41, 5.74) is 2.19. The van der Waals surface area contributed by atoms with Gasteiger partial charge in [-0.2, -0.15) is 5.10 Å². The number of rotatable bonds is 5. The summed E-state index contributed by atoms with van der Waals surface area (Å²) < 4.78 is 0. The first-order valence-electron chi connectivity index (χ1n) is 8.30. The van der Waals surface area contributed by atoms with E-state index in [9.17, 15) is 19.8 Å². The van der Waals surface area contributed by atoms with Gasteiger partial charge < -0.3 is 15.3 Å². The van der Waals surface area contributed by atoms with Crippen LogP contribution in [0.4, 0.5) is 4.79 Å². The van der Waals surface area contributed by atoms with Gasteiger partial charge in [0, 0.05) is 5.56 Å². The summed E-state index contributed by atoms with van der Waals surface area (Å²) in [6.07, 6.45) is 0.679. The number of hydrazone groups is 1. The number of aromatic hydroxyl groups is 2. The summed E-state index contributed by atoms with van der Waals surface area (Å²) in [5.74, 6) is -1.48. The molecule has 3 rings (SSSR count). The molecule has 140 valence electrons. The normalized spacial score (nSPS) is 16.9. The van der Waals surface area contributed by atoms with Crippen LogP contribution < -0.4 is 0 Å². The topological polar surface area (TPSA) is 110 Å². The van der Waals surface area contributed by atoms with Crippen LogP contribution in [-0.2, 0) is 6.54 Å². The van der Waals surface area contributed by atoms with Crippen molar-refractivity contribution in [2.24, 2.45) is 5.10 Å². The van der Waals surface area contributed by atoms with Crippen molar-refractivity contribution in [2.45, 2.75) is 25.1 Å². The third-order valence-corrected chi connectivity index (χ3v) is 5.42. The van der Waals surface area contributed by atoms with Crippen molar-refractivity contribution in [3.05, 3.63) is 59.2 Å². The number of carboxylic acid groups (broad SMARTS) is 1. The van der Waals surface area contributed by atoms with Crippen LogP contribution in [0.1, 0.15) is 34.8 Å². The van der Waals surface area contributed by atoms with Crippen LogP contribution in [0.15, 0.2) is 47.6 Å². The van der Waals surface area contributed by atoms with Crippen LogP contribution in [0.25, 0.3) is 0 Å². The van der Waals surface area contributed by atoms with Gasteiger partial charge in [-0.25, -0.2) is 9.80 Å². The Bertz CT molecular complexity index is 911. The molecule has 27 heavy (non-hydrogen) atoms. The van der Waals surface area contributed by atoms with Crippen molar-refractivity contribution in [3.63, 3.8) is 0 Å². The van der Waals surface area contributed by atoms with Crippen molar-refractivity contribution >= 4 is 28.7 Å². The molecule has 0 bridgehead atoms. The molecule has 0 aromatic heterocycles. The fourth-order valence-corrected chi connectivity index (χ4v) is 3.63. The first-order valence-corrected chi connectivity index (χ1v) is 9.18. The number of carbonyl (C=O) groups is 2. The van der Waals surface area contributed by atoms with E-state index in [0.717, 1.165) is 17.3 Å². The van der Waals surface area contributed by atoms with Gasteiger partial charge in [-0.3, -0.25) is 4.79 Å². The summed E-state index contributed by atoms with van der Waals surface area (Å²) in [4.78, 5) is 23.4. The lowest BCUT2D eigenvalue weighted by atomic mass is 10.0. The molecule has 1 aliphatic rings. The Kier molecular flexibility index (Phi) is 5.36. The van der Waals surface area contributed by atoms with Gasteiger partial charge in [-0.15, -0.1) is 0 Å². The van der Waals surface area contributed by atoms with E-state index in [1.54, 1.807) is 18.2 Å². The van der Waals surface area contributed by atoms with Gasteiger partial charge in [0.1, 0.15) is 0 Å². The molecular weight excluding hydrogens is 368 g/mol. The zero-order chi connectivity index (χ0) is 19.6. The smallest absolute Gasteiger partial charge is 0.335 e. The number of benzene rings is 2. The third kappa shape index (κ3) is 4.06. The van der Waals surface area contributed by atoms with Gasteiger partial charge in [0.05, 0.1) is 23.1 Å². The van der Waals surface area contributed by atoms with Crippen molar-refractivity contribution in [1.29, 1.82) is 0 Å². The SMILES string of the molecule is CCC1SC(=O)N(Cc2ccc(C(=O)O)cc2)N=C1c1ccc(O)c(O)c1. The number of phenolic OH excluding ortho intramolecular Hbond substituents is 2. The minimum atomic E-state index is -1.01. The van der Waals surface area contributed by atoms with Crippen molar-refractivity contribution in [2.75, 3.05) is 0 Å². The molecule has 1 amide bonds. The molecule has 2 aromatic carbocycles. The fourth-order valence-electron chi connectivity index (χ4n) is 2.70. The minimum absolute atomic E-state index is 0.160. The Morgan fingerprint density at radius 1 is 1.15 bits per heavy atom. The maximum Gasteiger partial charge on any atom is 0.335 e. The number of carbonyl (C=O) groups excluding carboxylic acids is 1. The molecule has 0 saturated heterocycles. The Balaban J connectivity index is 1.90. The van der Waals surface area contributed by atoms with E-state index in [4.69, 9.17) is 5.11 Å². The van der Waals surface area contributed by atoms with Gasteiger partial charge in [-0.1, -0.05) is 30.8 Å². The average Bonchev–Trinajstić information content (AvgIpc) is 2.65. The Labute approximate surface area is 159 Å². The lowest BCUT2D eigenvalue weighted by molar-refractivity contribution is 0.0697. The molecule has 0 aliphatic carbocycles. The van der Waals surface area contributed by atoms with Crippen LogP contribution in [0, 0.1) is 0 Å². The molecule has 0 spiro atoms. The molecule has 7 nitrogen and oxygen atoms in total. The quantitative estimate of drug-likeness (QED) is 0.677. The second-order valence-electron chi connectivity index (χ2n) is 6.03. The first-order chi connectivity index (χ1) is 12.9. The van der Waals surface area contributed by atoms with E-state index in [0.29, 0.717) is 17.7 Å². The van der Waals surface area contributed by atoms with E-state index in [2.05, 4.69) is 5.10 Å². The zero-order valence-corrected chi connectivity index (χ0v) is 15.3. The van der Waals surface area contributed by atoms with Crippen LogP contribution in [0.2, 0.25) is 0 Å². The lowest BCUT2D eigenvalue weighted by Gasteiger charge is -2.28. The molecular formula is C19H18N2O5S. The average molecular weight is 386 g/mol. The number of hydrogen-bond donors (Lipinski definition) is 3. The number of phenols is 2. The highest BCUT2D eigenvalue weighted by Gasteiger charge is 2.30. The van der Waals surface area contributed by atoms with E-state index in [1.165, 1.54) is 29.3 Å². The number of thioether (sulfide) groups is 1. The minimum Gasteiger partial charge on any atom is -0.504 e. The molecule has 1 unspecified atom stereocenters. The molecule has 1 heterocycles. The molecule has 0 radical (unpaired) electrons. The van der Waals surface area contributed by atoms with E-state index in [1.807, 2.05) is 6.92 Å². The summed E-state index contributed by atoms with van der Waals surface area (Å²) in [5, 5.41) is 33.7. The summed E-state index contributed by atoms with van der Waals surface area (Å²) >= 11 is 1.15. The molecule has 2 aromatic rings. The Morgan fingerprint density at radius 3 is 2.44 bits per heavy atom. The second-order valence-corrected chi connectivity index (χ2v) is 7.18. The number of carboxylic acids is 1. The maximum atomic E-state index is 12.4. The highest BCUT2D eigenvalue weighted by atomic mass is 32.2. The zero-order valence-electron chi connectivity index (χ0n) is 14.5. The van der Waals surface area contributed by atoms with E-state index >= 15 is 0 Å². The van der Waals surface area contributed by atoms with Crippen molar-refractivity contribution in [1.82, 2.24) is 5.01 Å². The molecule has 3 N–H and O–H groups in total. The van der Waals surface area contributed by atoms with Gasteiger partial charge >= 0.3 is 11.2 Å². The standard InChI is InChI=1S/C19H18N2O5S/c1-2-16-17(13-7-8-14(22)15(23)9-13)20-21(19(26)27-16)10-11-3-5-12(6-4-11)18(24)25/h3-9,16,22-23H,2,10H2,1H3,(H,24,25). The van der Waals surface area contributed by atoms with Gasteiger partial charge in [-0.05, 0) is 42.3 Å². The van der Waals surface area contributed by atoms with E-state index < -0.39 is 5.97 Å². The predicted molar refractivity (Wildman–Crippen MR) is 102 cm³/mol. The Hall–Kier alpha value is -3.00. The lowest BCUT2D eigenvalue weighted by Crippen LogP contribution is -2.34. The first kappa shape index (κ1) is 18.8. The molecule has 1 atom stereocenters. The van der Waals surface area contributed by atoms with Crippen LogP contribution in [0.5, 0.6) is 11.5 Å². The van der Waals surface area contributed by atoms with Crippen LogP contribution in [0.3, 0.4) is 0 Å². The largest absolute Gasteiger partial charge is 0.504 e. The fraction of sp³-hybridized carbons (Fsp3) is 0.211. The molecule has 8 heteroatoms. The molecule has 0 saturated carbocycles. The van der Waals surface area contributed by atoms with Gasteiger partial charge in [0.25, 0.3) is 0 Å². The van der Waals surface area contributed by atoms with Gasteiger partial charge in [0.2, 0.25) is 0 Å². The van der Waals surface area contributed by atoms with Gasteiger partial charge in [0.15, 0.2) is 11.5 Å². The summed E-state index contributed by atoms with van der Waals surface area (Å²) in [6, 6.07) is 10.7. The number of nitrogens with zero attached hydrogens (tertiary/aromatic N) is 2. The number of amides is 1. The number of aromatic carboxylic acids is 1. The molecule has 0 fully saturated rings. The van der Waals surface area contributed by atoms with Crippen LogP contribution in [-0.4, -0.2) is 42.5 Å². The van der Waals surface area contributed by atoms with E-state index in [-0.39, 0.29) is 34.1 Å². The maximum absolute atomic E-state index is 12.4.